The van der Waals surface area contributed by atoms with Crippen molar-refractivity contribution in [2.45, 2.75) is 27.7 Å². The van der Waals surface area contributed by atoms with Crippen LogP contribution in [0.1, 0.15) is 27.7 Å². The molecule has 1 rings (SSSR count). The first-order chi connectivity index (χ1) is 6.93. The molecule has 0 unspecified atom stereocenters. The van der Waals surface area contributed by atoms with Gasteiger partial charge in [0.05, 0.1) is 6.61 Å². The first-order valence-corrected chi connectivity index (χ1v) is 5.22. The lowest BCUT2D eigenvalue weighted by Crippen LogP contribution is -2.00. The number of aliphatic hydroxyl groups is 1. The van der Waals surface area contributed by atoms with E-state index in [0.29, 0.717) is 6.61 Å². The third kappa shape index (κ3) is 9.07. The summed E-state index contributed by atoms with van der Waals surface area (Å²) >= 11 is 0. The number of aliphatic hydroxyl groups excluding tert-OH is 1. The molecule has 0 amide bonds. The Morgan fingerprint density at radius 1 is 1.00 bits per heavy atom. The monoisotopic (exact) mass is 198 g/mol. The zero-order valence-corrected chi connectivity index (χ0v) is 9.66. The van der Waals surface area contributed by atoms with Gasteiger partial charge in [-0.05, 0) is 12.1 Å². The summed E-state index contributed by atoms with van der Waals surface area (Å²) in [7, 11) is 0. The summed E-state index contributed by atoms with van der Waals surface area (Å²) in [6, 6.07) is 9.43. The van der Waals surface area contributed by atoms with Gasteiger partial charge in [0, 0.05) is 0 Å². The maximum atomic E-state index is 8.40. The summed E-state index contributed by atoms with van der Waals surface area (Å²) in [5, 5.41) is 8.40. The van der Waals surface area contributed by atoms with E-state index in [0.717, 1.165) is 5.75 Å². The molecule has 0 aliphatic heterocycles. The molecular weight excluding hydrogens is 176 g/mol. The van der Waals surface area contributed by atoms with Crippen molar-refractivity contribution in [1.29, 1.82) is 0 Å². The van der Waals surface area contributed by atoms with Gasteiger partial charge in [0.2, 0.25) is 0 Å². The Bertz CT molecular complexity index is 173. The van der Waals surface area contributed by atoms with Crippen molar-refractivity contribution in [3.8, 4) is 5.75 Å². The highest BCUT2D eigenvalue weighted by Crippen LogP contribution is 2.06. The highest BCUT2D eigenvalue weighted by molar-refractivity contribution is 5.20. The fraction of sp³-hybridized carbons (Fsp3) is 0.500. The molecule has 0 fully saturated rings. The van der Waals surface area contributed by atoms with Crippen LogP contribution in [-0.2, 0) is 0 Å². The first-order valence-electron chi connectivity index (χ1n) is 5.22. The smallest absolute Gasteiger partial charge is 0.119 e. The Morgan fingerprint density at radius 2 is 1.50 bits per heavy atom. The van der Waals surface area contributed by atoms with Crippen LogP contribution >= 0.6 is 0 Å². The van der Waals surface area contributed by atoms with Crippen LogP contribution in [0.5, 0.6) is 5.75 Å². The third-order valence-electron chi connectivity index (χ3n) is 1.10. The topological polar surface area (TPSA) is 29.5 Å². The Balaban J connectivity index is 0. The van der Waals surface area contributed by atoms with Crippen LogP contribution < -0.4 is 4.74 Å². The van der Waals surface area contributed by atoms with Crippen LogP contribution in [0.4, 0.5) is 0 Å². The SMILES string of the molecule is CC.CC.OCCOc1ccccc1. The van der Waals surface area contributed by atoms with Crippen LogP contribution in [0.2, 0.25) is 0 Å². The van der Waals surface area contributed by atoms with E-state index in [9.17, 15) is 0 Å². The van der Waals surface area contributed by atoms with Crippen molar-refractivity contribution in [2.24, 2.45) is 0 Å². The molecule has 82 valence electrons. The minimum absolute atomic E-state index is 0.0644. The Labute approximate surface area is 87.5 Å². The average molecular weight is 198 g/mol. The minimum atomic E-state index is 0.0644. The molecule has 0 saturated carbocycles. The van der Waals surface area contributed by atoms with Gasteiger partial charge in [0.25, 0.3) is 0 Å². The van der Waals surface area contributed by atoms with E-state index in [1.165, 1.54) is 0 Å². The van der Waals surface area contributed by atoms with E-state index in [4.69, 9.17) is 9.84 Å². The molecule has 2 heteroatoms. The fourth-order valence-corrected chi connectivity index (χ4v) is 0.680. The summed E-state index contributed by atoms with van der Waals surface area (Å²) in [6.45, 7) is 8.43. The van der Waals surface area contributed by atoms with Crippen molar-refractivity contribution in [1.82, 2.24) is 0 Å². The first kappa shape index (κ1) is 15.5. The molecule has 0 aliphatic rings. The van der Waals surface area contributed by atoms with E-state index in [1.807, 2.05) is 58.0 Å². The molecule has 2 nitrogen and oxygen atoms in total. The highest BCUT2D eigenvalue weighted by Gasteiger charge is 1.86. The second kappa shape index (κ2) is 14.5. The predicted molar refractivity (Wildman–Crippen MR) is 61.7 cm³/mol. The summed E-state index contributed by atoms with van der Waals surface area (Å²) in [5.41, 5.74) is 0. The predicted octanol–water partition coefficient (Wildman–Crippen LogP) is 3.11. The minimum Gasteiger partial charge on any atom is -0.491 e. The van der Waals surface area contributed by atoms with Gasteiger partial charge in [-0.1, -0.05) is 45.9 Å². The molecule has 1 N–H and O–H groups in total. The van der Waals surface area contributed by atoms with Crippen LogP contribution in [-0.4, -0.2) is 18.3 Å². The van der Waals surface area contributed by atoms with E-state index < -0.39 is 0 Å². The van der Waals surface area contributed by atoms with Gasteiger partial charge in [-0.3, -0.25) is 0 Å². The molecule has 1 aromatic carbocycles. The van der Waals surface area contributed by atoms with Gasteiger partial charge < -0.3 is 9.84 Å². The Morgan fingerprint density at radius 3 is 1.93 bits per heavy atom. The number of benzene rings is 1. The van der Waals surface area contributed by atoms with Crippen LogP contribution in [0, 0.1) is 0 Å². The van der Waals surface area contributed by atoms with Gasteiger partial charge in [-0.15, -0.1) is 0 Å². The summed E-state index contributed by atoms with van der Waals surface area (Å²) in [5.74, 6) is 0.802. The number of para-hydroxylation sites is 1. The van der Waals surface area contributed by atoms with Gasteiger partial charge in [-0.2, -0.15) is 0 Å². The molecule has 0 aromatic heterocycles. The second-order valence-electron chi connectivity index (χ2n) is 1.89. The Kier molecular flexibility index (Phi) is 16.0. The van der Waals surface area contributed by atoms with Gasteiger partial charge in [-0.25, -0.2) is 0 Å². The number of hydrogen-bond acceptors (Lipinski definition) is 2. The van der Waals surface area contributed by atoms with E-state index in [1.54, 1.807) is 0 Å². The van der Waals surface area contributed by atoms with Crippen LogP contribution in [0.15, 0.2) is 30.3 Å². The lowest BCUT2D eigenvalue weighted by molar-refractivity contribution is 0.201. The molecular formula is C12H22O2. The molecule has 1 aromatic rings. The van der Waals surface area contributed by atoms with Gasteiger partial charge >= 0.3 is 0 Å². The zero-order valence-electron chi connectivity index (χ0n) is 9.66. The van der Waals surface area contributed by atoms with Crippen molar-refractivity contribution in [3.05, 3.63) is 30.3 Å². The lowest BCUT2D eigenvalue weighted by Gasteiger charge is -2.01. The molecule has 0 bridgehead atoms. The van der Waals surface area contributed by atoms with Crippen molar-refractivity contribution >= 4 is 0 Å². The standard InChI is InChI=1S/C8H10O2.2C2H6/c9-6-7-10-8-4-2-1-3-5-8;2*1-2/h1-5,9H,6-7H2;2*1-2H3. The number of hydrogen-bond donors (Lipinski definition) is 1. The van der Waals surface area contributed by atoms with Gasteiger partial charge in [0.1, 0.15) is 12.4 Å². The van der Waals surface area contributed by atoms with Crippen molar-refractivity contribution in [3.63, 3.8) is 0 Å². The summed E-state index contributed by atoms with van der Waals surface area (Å²) in [4.78, 5) is 0. The number of ether oxygens (including phenoxy) is 1. The quantitative estimate of drug-likeness (QED) is 0.808. The second-order valence-corrected chi connectivity index (χ2v) is 1.89. The number of rotatable bonds is 3. The molecule has 0 radical (unpaired) electrons. The van der Waals surface area contributed by atoms with Crippen LogP contribution in [0.3, 0.4) is 0 Å². The molecule has 0 aliphatic carbocycles. The van der Waals surface area contributed by atoms with Gasteiger partial charge in [0.15, 0.2) is 0 Å². The molecule has 0 heterocycles. The molecule has 14 heavy (non-hydrogen) atoms. The molecule has 0 spiro atoms. The molecule has 0 saturated heterocycles. The van der Waals surface area contributed by atoms with Crippen molar-refractivity contribution in [2.75, 3.05) is 13.2 Å². The van der Waals surface area contributed by atoms with Crippen LogP contribution in [0.25, 0.3) is 0 Å². The van der Waals surface area contributed by atoms with E-state index in [-0.39, 0.29) is 6.61 Å². The summed E-state index contributed by atoms with van der Waals surface area (Å²) in [6.07, 6.45) is 0. The van der Waals surface area contributed by atoms with E-state index >= 15 is 0 Å². The zero-order chi connectivity index (χ0) is 11.2. The maximum absolute atomic E-state index is 8.40. The van der Waals surface area contributed by atoms with Crippen molar-refractivity contribution < 1.29 is 9.84 Å². The lowest BCUT2D eigenvalue weighted by atomic mass is 10.3. The maximum Gasteiger partial charge on any atom is 0.119 e. The molecule has 0 atom stereocenters. The largest absolute Gasteiger partial charge is 0.491 e. The summed E-state index contributed by atoms with van der Waals surface area (Å²) < 4.78 is 5.11. The normalized spacial score (nSPS) is 7.50. The average Bonchev–Trinajstić information content (AvgIpc) is 2.33. The Hall–Kier alpha value is -1.02. The van der Waals surface area contributed by atoms with E-state index in [2.05, 4.69) is 0 Å². The fourth-order valence-electron chi connectivity index (χ4n) is 0.680. The third-order valence-corrected chi connectivity index (χ3v) is 1.10. The highest BCUT2D eigenvalue weighted by atomic mass is 16.5.